The van der Waals surface area contributed by atoms with E-state index in [0.29, 0.717) is 6.04 Å². The van der Waals surface area contributed by atoms with Crippen LogP contribution in [0, 0.1) is 6.92 Å². The third kappa shape index (κ3) is 2.10. The number of hydrogen-bond donors (Lipinski definition) is 1. The van der Waals surface area contributed by atoms with Crippen LogP contribution in [0.4, 0.5) is 0 Å². The largest absolute Gasteiger partial charge is 0.448 e. The van der Waals surface area contributed by atoms with Crippen molar-refractivity contribution >= 4 is 0 Å². The first-order valence-electron chi connectivity index (χ1n) is 4.98. The van der Waals surface area contributed by atoms with Gasteiger partial charge in [-0.05, 0) is 19.8 Å². The molecule has 0 spiro atoms. The third-order valence-electron chi connectivity index (χ3n) is 2.76. The molecular formula is C10H16N2O. The van der Waals surface area contributed by atoms with Gasteiger partial charge in [0.2, 0.25) is 0 Å². The van der Waals surface area contributed by atoms with Crippen LogP contribution in [0.1, 0.15) is 37.1 Å². The molecule has 3 nitrogen and oxygen atoms in total. The molecule has 0 amide bonds. The van der Waals surface area contributed by atoms with Gasteiger partial charge in [-0.1, -0.05) is 12.8 Å². The molecule has 13 heavy (non-hydrogen) atoms. The van der Waals surface area contributed by atoms with Crippen LogP contribution in [0.2, 0.25) is 0 Å². The molecule has 1 aromatic heterocycles. The Balaban J connectivity index is 1.82. The van der Waals surface area contributed by atoms with E-state index in [2.05, 4.69) is 10.3 Å². The molecule has 1 fully saturated rings. The number of rotatable bonds is 3. The van der Waals surface area contributed by atoms with E-state index in [1.807, 2.05) is 6.92 Å². The number of hydrogen-bond acceptors (Lipinski definition) is 3. The summed E-state index contributed by atoms with van der Waals surface area (Å²) in [6, 6.07) is 0.705. The van der Waals surface area contributed by atoms with Crippen molar-refractivity contribution in [2.24, 2.45) is 0 Å². The fourth-order valence-electron chi connectivity index (χ4n) is 1.87. The Morgan fingerprint density at radius 1 is 1.54 bits per heavy atom. The van der Waals surface area contributed by atoms with Gasteiger partial charge in [0.1, 0.15) is 5.76 Å². The van der Waals surface area contributed by atoms with E-state index >= 15 is 0 Å². The number of nitrogens with one attached hydrogen (secondary N) is 1. The van der Waals surface area contributed by atoms with Crippen LogP contribution < -0.4 is 5.32 Å². The molecule has 1 aliphatic carbocycles. The van der Waals surface area contributed by atoms with Crippen molar-refractivity contribution in [1.82, 2.24) is 10.3 Å². The van der Waals surface area contributed by atoms with Gasteiger partial charge in [-0.25, -0.2) is 4.98 Å². The van der Waals surface area contributed by atoms with E-state index in [-0.39, 0.29) is 0 Å². The molecule has 1 N–H and O–H groups in total. The summed E-state index contributed by atoms with van der Waals surface area (Å²) in [7, 11) is 0. The van der Waals surface area contributed by atoms with Gasteiger partial charge in [-0.15, -0.1) is 0 Å². The SMILES string of the molecule is Cc1ocnc1CNC1CCCC1. The van der Waals surface area contributed by atoms with Crippen LogP contribution in [0.3, 0.4) is 0 Å². The predicted molar refractivity (Wildman–Crippen MR) is 50.3 cm³/mol. The Kier molecular flexibility index (Phi) is 2.64. The van der Waals surface area contributed by atoms with E-state index in [1.165, 1.54) is 32.1 Å². The molecule has 3 heteroatoms. The summed E-state index contributed by atoms with van der Waals surface area (Å²) in [5.74, 6) is 0.936. The standard InChI is InChI=1S/C10H16N2O/c1-8-10(12-7-13-8)6-11-9-4-2-3-5-9/h7,9,11H,2-6H2,1H3. The minimum Gasteiger partial charge on any atom is -0.448 e. The second kappa shape index (κ2) is 3.92. The van der Waals surface area contributed by atoms with Gasteiger partial charge in [-0.3, -0.25) is 0 Å². The van der Waals surface area contributed by atoms with Crippen LogP contribution >= 0.6 is 0 Å². The minimum absolute atomic E-state index is 0.705. The van der Waals surface area contributed by atoms with Crippen molar-refractivity contribution < 1.29 is 4.42 Å². The molecule has 1 heterocycles. The van der Waals surface area contributed by atoms with Crippen LogP contribution in [-0.4, -0.2) is 11.0 Å². The Bertz CT molecular complexity index is 264. The molecule has 1 aromatic rings. The molecule has 72 valence electrons. The molecule has 0 atom stereocenters. The fraction of sp³-hybridized carbons (Fsp3) is 0.700. The summed E-state index contributed by atoms with van der Waals surface area (Å²) in [6.45, 7) is 2.81. The number of aromatic nitrogens is 1. The molecule has 0 unspecified atom stereocenters. The predicted octanol–water partition coefficient (Wildman–Crippen LogP) is 2.02. The highest BCUT2D eigenvalue weighted by Gasteiger charge is 2.14. The quantitative estimate of drug-likeness (QED) is 0.773. The van der Waals surface area contributed by atoms with Gasteiger partial charge < -0.3 is 9.73 Å². The van der Waals surface area contributed by atoms with Crippen molar-refractivity contribution in [3.63, 3.8) is 0 Å². The smallest absolute Gasteiger partial charge is 0.181 e. The fourth-order valence-corrected chi connectivity index (χ4v) is 1.87. The van der Waals surface area contributed by atoms with E-state index in [9.17, 15) is 0 Å². The summed E-state index contributed by atoms with van der Waals surface area (Å²) in [6.07, 6.45) is 6.89. The summed E-state index contributed by atoms with van der Waals surface area (Å²) >= 11 is 0. The minimum atomic E-state index is 0.705. The highest BCUT2D eigenvalue weighted by atomic mass is 16.3. The summed E-state index contributed by atoms with van der Waals surface area (Å²) < 4.78 is 5.13. The first kappa shape index (κ1) is 8.75. The summed E-state index contributed by atoms with van der Waals surface area (Å²) in [5.41, 5.74) is 1.05. The van der Waals surface area contributed by atoms with Crippen LogP contribution in [-0.2, 0) is 6.54 Å². The number of oxazole rings is 1. The van der Waals surface area contributed by atoms with Crippen LogP contribution in [0.5, 0.6) is 0 Å². The van der Waals surface area contributed by atoms with Crippen molar-refractivity contribution in [2.45, 2.75) is 45.2 Å². The van der Waals surface area contributed by atoms with Gasteiger partial charge in [0, 0.05) is 12.6 Å². The van der Waals surface area contributed by atoms with Crippen LogP contribution in [0.25, 0.3) is 0 Å². The average molecular weight is 180 g/mol. The topological polar surface area (TPSA) is 38.1 Å². The highest BCUT2D eigenvalue weighted by molar-refractivity contribution is 5.04. The molecule has 0 aliphatic heterocycles. The molecule has 2 rings (SSSR count). The maximum Gasteiger partial charge on any atom is 0.181 e. The first-order chi connectivity index (χ1) is 6.36. The maximum absolute atomic E-state index is 5.13. The Hall–Kier alpha value is -0.830. The molecular weight excluding hydrogens is 164 g/mol. The van der Waals surface area contributed by atoms with E-state index in [1.54, 1.807) is 0 Å². The van der Waals surface area contributed by atoms with Gasteiger partial charge in [0.15, 0.2) is 6.39 Å². The van der Waals surface area contributed by atoms with Gasteiger partial charge in [0.25, 0.3) is 0 Å². The Labute approximate surface area is 78.5 Å². The third-order valence-corrected chi connectivity index (χ3v) is 2.76. The Morgan fingerprint density at radius 2 is 2.31 bits per heavy atom. The number of nitrogens with zero attached hydrogens (tertiary/aromatic N) is 1. The zero-order valence-electron chi connectivity index (χ0n) is 8.05. The normalized spacial score (nSPS) is 18.2. The Morgan fingerprint density at radius 3 is 2.92 bits per heavy atom. The molecule has 1 aliphatic rings. The van der Waals surface area contributed by atoms with Crippen molar-refractivity contribution in [3.8, 4) is 0 Å². The zero-order chi connectivity index (χ0) is 9.10. The monoisotopic (exact) mass is 180 g/mol. The van der Waals surface area contributed by atoms with Crippen LogP contribution in [0.15, 0.2) is 10.8 Å². The molecule has 0 aromatic carbocycles. The van der Waals surface area contributed by atoms with Gasteiger partial charge in [-0.2, -0.15) is 0 Å². The van der Waals surface area contributed by atoms with E-state index < -0.39 is 0 Å². The van der Waals surface area contributed by atoms with E-state index in [4.69, 9.17) is 4.42 Å². The molecule has 0 bridgehead atoms. The van der Waals surface area contributed by atoms with Crippen molar-refractivity contribution in [2.75, 3.05) is 0 Å². The maximum atomic E-state index is 5.13. The second-order valence-electron chi connectivity index (χ2n) is 3.72. The second-order valence-corrected chi connectivity index (χ2v) is 3.72. The van der Waals surface area contributed by atoms with Gasteiger partial charge in [0.05, 0.1) is 5.69 Å². The zero-order valence-corrected chi connectivity index (χ0v) is 8.05. The molecule has 1 saturated carbocycles. The summed E-state index contributed by atoms with van der Waals surface area (Å²) in [5, 5.41) is 3.50. The lowest BCUT2D eigenvalue weighted by Crippen LogP contribution is -2.25. The van der Waals surface area contributed by atoms with Crippen molar-refractivity contribution in [3.05, 3.63) is 17.8 Å². The van der Waals surface area contributed by atoms with Crippen molar-refractivity contribution in [1.29, 1.82) is 0 Å². The highest BCUT2D eigenvalue weighted by Crippen LogP contribution is 2.18. The average Bonchev–Trinajstić information content (AvgIpc) is 2.72. The summed E-state index contributed by atoms with van der Waals surface area (Å²) in [4.78, 5) is 4.15. The lowest BCUT2D eigenvalue weighted by Gasteiger charge is -2.09. The first-order valence-corrected chi connectivity index (χ1v) is 4.98. The van der Waals surface area contributed by atoms with E-state index in [0.717, 1.165) is 18.0 Å². The lowest BCUT2D eigenvalue weighted by molar-refractivity contribution is 0.503. The lowest BCUT2D eigenvalue weighted by atomic mass is 10.2. The molecule has 0 radical (unpaired) electrons. The number of aryl methyl sites for hydroxylation is 1. The van der Waals surface area contributed by atoms with Gasteiger partial charge >= 0.3 is 0 Å². The molecule has 0 saturated heterocycles.